The Morgan fingerprint density at radius 3 is 1.94 bits per heavy atom. The first kappa shape index (κ1) is 20.9. The van der Waals surface area contributed by atoms with Crippen LogP contribution in [0.25, 0.3) is 22.2 Å². The second-order valence-electron chi connectivity index (χ2n) is 7.81. The van der Waals surface area contributed by atoms with E-state index in [1.807, 2.05) is 115 Å². The van der Waals surface area contributed by atoms with Crippen LogP contribution >= 0.6 is 11.6 Å². The van der Waals surface area contributed by atoms with Gasteiger partial charge >= 0.3 is 0 Å². The monoisotopic (exact) mass is 448 g/mol. The summed E-state index contributed by atoms with van der Waals surface area (Å²) in [7, 11) is 0. The molecule has 0 aliphatic heterocycles. The van der Waals surface area contributed by atoms with Crippen LogP contribution in [-0.2, 0) is 0 Å². The molecule has 0 saturated carbocycles. The minimum absolute atomic E-state index is 0.151. The SMILES string of the molecule is O=C(NC(c1ccccc1)c1ccccc1)c1cc(-c2ccc(Cl)cc2)nc2ccccc12. The molecule has 160 valence electrons. The molecule has 0 radical (unpaired) electrons. The molecule has 4 heteroatoms. The quantitative estimate of drug-likeness (QED) is 0.312. The lowest BCUT2D eigenvalue weighted by atomic mass is 9.97. The predicted octanol–water partition coefficient (Wildman–Crippen LogP) is 7.07. The van der Waals surface area contributed by atoms with Gasteiger partial charge < -0.3 is 5.32 Å². The van der Waals surface area contributed by atoms with Crippen LogP contribution in [0, 0.1) is 0 Å². The van der Waals surface area contributed by atoms with Crippen LogP contribution in [0.15, 0.2) is 115 Å². The molecule has 1 N–H and O–H groups in total. The summed E-state index contributed by atoms with van der Waals surface area (Å²) >= 11 is 6.07. The van der Waals surface area contributed by atoms with Crippen LogP contribution in [0.5, 0.6) is 0 Å². The number of halogens is 1. The topological polar surface area (TPSA) is 42.0 Å². The maximum absolute atomic E-state index is 13.7. The highest BCUT2D eigenvalue weighted by Gasteiger charge is 2.20. The highest BCUT2D eigenvalue weighted by molar-refractivity contribution is 6.30. The number of nitrogens with one attached hydrogen (secondary N) is 1. The molecule has 0 aliphatic carbocycles. The number of rotatable bonds is 5. The number of pyridine rings is 1. The summed E-state index contributed by atoms with van der Waals surface area (Å²) in [5, 5.41) is 4.73. The van der Waals surface area contributed by atoms with Crippen molar-refractivity contribution in [1.29, 1.82) is 0 Å². The summed E-state index contributed by atoms with van der Waals surface area (Å²) in [6.45, 7) is 0. The van der Waals surface area contributed by atoms with E-state index in [0.29, 0.717) is 10.6 Å². The second kappa shape index (κ2) is 9.27. The molecule has 0 atom stereocenters. The third-order valence-electron chi connectivity index (χ3n) is 5.64. The largest absolute Gasteiger partial charge is 0.341 e. The first-order valence-electron chi connectivity index (χ1n) is 10.8. The van der Waals surface area contributed by atoms with Gasteiger partial charge in [0.25, 0.3) is 5.91 Å². The van der Waals surface area contributed by atoms with E-state index in [2.05, 4.69) is 5.32 Å². The zero-order valence-corrected chi connectivity index (χ0v) is 18.5. The second-order valence-corrected chi connectivity index (χ2v) is 8.24. The number of nitrogens with zero attached hydrogens (tertiary/aromatic N) is 1. The van der Waals surface area contributed by atoms with E-state index in [4.69, 9.17) is 16.6 Å². The van der Waals surface area contributed by atoms with Gasteiger partial charge in [0.1, 0.15) is 0 Å². The van der Waals surface area contributed by atoms with Crippen LogP contribution in [-0.4, -0.2) is 10.9 Å². The van der Waals surface area contributed by atoms with Crippen molar-refractivity contribution in [2.75, 3.05) is 0 Å². The number of benzene rings is 4. The Kier molecular flexibility index (Phi) is 5.88. The minimum Gasteiger partial charge on any atom is -0.341 e. The van der Waals surface area contributed by atoms with Crippen LogP contribution in [0.1, 0.15) is 27.5 Å². The van der Waals surface area contributed by atoms with Crippen LogP contribution in [0.2, 0.25) is 5.02 Å². The van der Waals surface area contributed by atoms with Crippen LogP contribution in [0.4, 0.5) is 0 Å². The summed E-state index contributed by atoms with van der Waals surface area (Å²) < 4.78 is 0. The maximum Gasteiger partial charge on any atom is 0.252 e. The Morgan fingerprint density at radius 1 is 0.727 bits per heavy atom. The van der Waals surface area contributed by atoms with Crippen LogP contribution in [0.3, 0.4) is 0 Å². The standard InChI is InChI=1S/C29H21ClN2O/c30-23-17-15-20(16-18-23)27-19-25(24-13-7-8-14-26(24)31-27)29(33)32-28(21-9-3-1-4-10-21)22-11-5-2-6-12-22/h1-19,28H,(H,32,33). The number of fused-ring (bicyclic) bond motifs is 1. The summed E-state index contributed by atoms with van der Waals surface area (Å²) in [5.74, 6) is -0.151. The van der Waals surface area contributed by atoms with Gasteiger partial charge in [-0.15, -0.1) is 0 Å². The zero-order valence-electron chi connectivity index (χ0n) is 17.8. The van der Waals surface area contributed by atoms with E-state index in [-0.39, 0.29) is 11.9 Å². The van der Waals surface area contributed by atoms with Crippen molar-refractivity contribution in [1.82, 2.24) is 10.3 Å². The Balaban J connectivity index is 1.59. The molecule has 0 spiro atoms. The number of amides is 1. The lowest BCUT2D eigenvalue weighted by molar-refractivity contribution is 0.0944. The Labute approximate surface area is 197 Å². The van der Waals surface area contributed by atoms with Crippen molar-refractivity contribution in [3.05, 3.63) is 137 Å². The van der Waals surface area contributed by atoms with Gasteiger partial charge in [-0.1, -0.05) is 103 Å². The number of para-hydroxylation sites is 1. The number of aromatic nitrogens is 1. The van der Waals surface area contributed by atoms with Crippen molar-refractivity contribution in [2.45, 2.75) is 6.04 Å². The van der Waals surface area contributed by atoms with Crippen molar-refractivity contribution >= 4 is 28.4 Å². The third-order valence-corrected chi connectivity index (χ3v) is 5.89. The minimum atomic E-state index is -0.272. The van der Waals surface area contributed by atoms with E-state index < -0.39 is 0 Å². The van der Waals surface area contributed by atoms with Crippen molar-refractivity contribution in [3.63, 3.8) is 0 Å². The Morgan fingerprint density at radius 2 is 1.30 bits per heavy atom. The molecule has 1 heterocycles. The molecule has 0 aliphatic rings. The van der Waals surface area contributed by atoms with Gasteiger partial charge in [-0.05, 0) is 35.4 Å². The number of hydrogen-bond acceptors (Lipinski definition) is 2. The van der Waals surface area contributed by atoms with E-state index in [9.17, 15) is 4.79 Å². The first-order chi connectivity index (χ1) is 16.2. The summed E-state index contributed by atoms with van der Waals surface area (Å²) in [5.41, 5.74) is 5.03. The van der Waals surface area contributed by atoms with Crippen LogP contribution < -0.4 is 5.32 Å². The lowest BCUT2D eigenvalue weighted by Gasteiger charge is -2.21. The number of hydrogen-bond donors (Lipinski definition) is 1. The third kappa shape index (κ3) is 4.50. The smallest absolute Gasteiger partial charge is 0.252 e. The molecular weight excluding hydrogens is 428 g/mol. The molecule has 5 aromatic rings. The van der Waals surface area contributed by atoms with Gasteiger partial charge in [0.15, 0.2) is 0 Å². The van der Waals surface area contributed by atoms with Gasteiger partial charge in [0.2, 0.25) is 0 Å². The fourth-order valence-corrected chi connectivity index (χ4v) is 4.12. The molecule has 0 unspecified atom stereocenters. The normalized spacial score (nSPS) is 11.0. The van der Waals surface area contributed by atoms with Gasteiger partial charge in [-0.3, -0.25) is 4.79 Å². The van der Waals surface area contributed by atoms with Gasteiger partial charge in [0.05, 0.1) is 22.8 Å². The summed E-state index contributed by atoms with van der Waals surface area (Å²) in [6, 6.07) is 36.8. The predicted molar refractivity (Wildman–Crippen MR) is 134 cm³/mol. The fraction of sp³-hybridized carbons (Fsp3) is 0.0345. The molecule has 33 heavy (non-hydrogen) atoms. The summed E-state index contributed by atoms with van der Waals surface area (Å²) in [4.78, 5) is 18.5. The number of carbonyl (C=O) groups is 1. The van der Waals surface area contributed by atoms with Gasteiger partial charge in [-0.2, -0.15) is 0 Å². The average molecular weight is 449 g/mol. The van der Waals surface area contributed by atoms with E-state index >= 15 is 0 Å². The maximum atomic E-state index is 13.7. The molecule has 0 bridgehead atoms. The molecule has 4 aromatic carbocycles. The Bertz CT molecular complexity index is 1360. The lowest BCUT2D eigenvalue weighted by Crippen LogP contribution is -2.29. The average Bonchev–Trinajstić information content (AvgIpc) is 2.88. The van der Waals surface area contributed by atoms with Crippen molar-refractivity contribution < 1.29 is 4.79 Å². The van der Waals surface area contributed by atoms with E-state index in [1.165, 1.54) is 0 Å². The van der Waals surface area contributed by atoms with Crippen molar-refractivity contribution in [3.8, 4) is 11.3 Å². The van der Waals surface area contributed by atoms with E-state index in [1.54, 1.807) is 0 Å². The molecular formula is C29H21ClN2O. The molecule has 0 fully saturated rings. The molecule has 3 nitrogen and oxygen atoms in total. The van der Waals surface area contributed by atoms with Crippen molar-refractivity contribution in [2.24, 2.45) is 0 Å². The highest BCUT2D eigenvalue weighted by Crippen LogP contribution is 2.28. The number of carbonyl (C=O) groups excluding carboxylic acids is 1. The Hall–Kier alpha value is -3.95. The molecule has 1 amide bonds. The van der Waals surface area contributed by atoms with Gasteiger partial charge in [-0.25, -0.2) is 4.98 Å². The highest BCUT2D eigenvalue weighted by atomic mass is 35.5. The van der Waals surface area contributed by atoms with E-state index in [0.717, 1.165) is 33.3 Å². The fourth-order valence-electron chi connectivity index (χ4n) is 3.99. The van der Waals surface area contributed by atoms with Gasteiger partial charge in [0, 0.05) is 16.0 Å². The molecule has 1 aromatic heterocycles. The first-order valence-corrected chi connectivity index (χ1v) is 11.1. The molecule has 5 rings (SSSR count). The summed E-state index contributed by atoms with van der Waals surface area (Å²) in [6.07, 6.45) is 0. The zero-order chi connectivity index (χ0) is 22.6. The molecule has 0 saturated heterocycles.